The van der Waals surface area contributed by atoms with Crippen molar-refractivity contribution in [3.8, 4) is 5.75 Å². The fourth-order valence-electron chi connectivity index (χ4n) is 4.97. The highest BCUT2D eigenvalue weighted by molar-refractivity contribution is 7.86. The SMILES string of the molecule is COC(=O)c1cc2c(cc1C(=O)OC)C(OS(=O)(=O)c1ccc(C)cc1)C(F)(F)C1(CCN(C(=O)OC(C)(C)C)CC1)O2. The number of hydrogen-bond donors (Lipinski definition) is 0. The lowest BCUT2D eigenvalue weighted by molar-refractivity contribution is -0.240. The van der Waals surface area contributed by atoms with E-state index in [0.717, 1.165) is 31.9 Å². The Kier molecular flexibility index (Phi) is 8.50. The number of ether oxygens (including phenoxy) is 4. The lowest BCUT2D eigenvalue weighted by Crippen LogP contribution is -2.64. The molecule has 0 saturated carbocycles. The van der Waals surface area contributed by atoms with Gasteiger partial charge >= 0.3 is 24.0 Å². The fraction of sp³-hybridized carbons (Fsp3) is 0.483. The first-order chi connectivity index (χ1) is 19.9. The lowest BCUT2D eigenvalue weighted by Gasteiger charge is -2.50. The molecule has 1 spiro atoms. The second kappa shape index (κ2) is 11.4. The highest BCUT2D eigenvalue weighted by Crippen LogP contribution is 2.56. The highest BCUT2D eigenvalue weighted by Gasteiger charge is 2.67. The molecule has 0 bridgehead atoms. The average Bonchev–Trinajstić information content (AvgIpc) is 2.94. The quantitative estimate of drug-likeness (QED) is 0.259. The van der Waals surface area contributed by atoms with E-state index in [1.165, 1.54) is 29.2 Å². The van der Waals surface area contributed by atoms with E-state index in [-0.39, 0.29) is 29.3 Å². The molecule has 0 N–H and O–H groups in total. The normalized spacial score (nSPS) is 19.2. The van der Waals surface area contributed by atoms with E-state index in [2.05, 4.69) is 0 Å². The van der Waals surface area contributed by atoms with Crippen molar-refractivity contribution in [3.63, 3.8) is 0 Å². The van der Waals surface area contributed by atoms with Crippen molar-refractivity contribution in [2.45, 2.75) is 68.7 Å². The third-order valence-electron chi connectivity index (χ3n) is 7.24. The Labute approximate surface area is 248 Å². The van der Waals surface area contributed by atoms with E-state index in [1.807, 2.05) is 0 Å². The molecule has 14 heteroatoms. The molecule has 0 radical (unpaired) electrons. The molecule has 1 amide bonds. The molecule has 4 rings (SSSR count). The van der Waals surface area contributed by atoms with Crippen molar-refractivity contribution in [3.05, 3.63) is 58.7 Å². The number of alkyl halides is 2. The number of carbonyl (C=O) groups excluding carboxylic acids is 3. The van der Waals surface area contributed by atoms with Gasteiger partial charge in [0.1, 0.15) is 11.4 Å². The van der Waals surface area contributed by atoms with Crippen LogP contribution in [0.2, 0.25) is 0 Å². The third kappa shape index (κ3) is 6.16. The summed E-state index contributed by atoms with van der Waals surface area (Å²) in [6.45, 7) is 6.32. The van der Waals surface area contributed by atoms with E-state index < -0.39 is 75.3 Å². The molecule has 2 aliphatic rings. The second-order valence-electron chi connectivity index (χ2n) is 11.3. The maximum atomic E-state index is 16.7. The fourth-order valence-corrected chi connectivity index (χ4v) is 6.03. The summed E-state index contributed by atoms with van der Waals surface area (Å²) >= 11 is 0. The Bertz CT molecular complexity index is 1530. The van der Waals surface area contributed by atoms with Crippen LogP contribution < -0.4 is 4.74 Å². The van der Waals surface area contributed by atoms with E-state index >= 15 is 8.78 Å². The van der Waals surface area contributed by atoms with Crippen molar-refractivity contribution < 1.29 is 54.7 Å². The number of benzene rings is 2. The van der Waals surface area contributed by atoms with Crippen LogP contribution >= 0.6 is 0 Å². The maximum absolute atomic E-state index is 16.7. The number of halogens is 2. The van der Waals surface area contributed by atoms with E-state index in [0.29, 0.717) is 0 Å². The van der Waals surface area contributed by atoms with Crippen LogP contribution in [0.25, 0.3) is 0 Å². The summed E-state index contributed by atoms with van der Waals surface area (Å²) in [5, 5.41) is 0. The molecule has 43 heavy (non-hydrogen) atoms. The summed E-state index contributed by atoms with van der Waals surface area (Å²) in [4.78, 5) is 38.7. The number of amides is 1. The average molecular weight is 626 g/mol. The van der Waals surface area contributed by atoms with Gasteiger partial charge in [-0.15, -0.1) is 0 Å². The molecule has 0 aromatic heterocycles. The minimum absolute atomic E-state index is 0.207. The van der Waals surface area contributed by atoms with Crippen LogP contribution in [0.3, 0.4) is 0 Å². The number of nitrogens with zero attached hydrogens (tertiary/aromatic N) is 1. The number of esters is 2. The van der Waals surface area contributed by atoms with Gasteiger partial charge in [0.15, 0.2) is 11.7 Å². The van der Waals surface area contributed by atoms with Crippen molar-refractivity contribution in [2.24, 2.45) is 0 Å². The van der Waals surface area contributed by atoms with Crippen molar-refractivity contribution in [1.29, 1.82) is 0 Å². The minimum atomic E-state index is -4.79. The van der Waals surface area contributed by atoms with Gasteiger partial charge in [-0.05, 0) is 52.0 Å². The number of carbonyl (C=O) groups is 3. The summed E-state index contributed by atoms with van der Waals surface area (Å²) in [5.74, 6) is -6.37. The molecule has 1 fully saturated rings. The van der Waals surface area contributed by atoms with Gasteiger partial charge in [-0.2, -0.15) is 17.2 Å². The molecule has 1 saturated heterocycles. The summed E-state index contributed by atoms with van der Waals surface area (Å²) in [5.41, 5.74) is -3.74. The molecule has 11 nitrogen and oxygen atoms in total. The minimum Gasteiger partial charge on any atom is -0.480 e. The molecule has 2 heterocycles. The second-order valence-corrected chi connectivity index (χ2v) is 12.9. The zero-order valence-corrected chi connectivity index (χ0v) is 25.4. The predicted molar refractivity (Wildman–Crippen MR) is 147 cm³/mol. The predicted octanol–water partition coefficient (Wildman–Crippen LogP) is 4.81. The van der Waals surface area contributed by atoms with Crippen LogP contribution in [0.15, 0.2) is 41.3 Å². The van der Waals surface area contributed by atoms with Gasteiger partial charge in [-0.3, -0.25) is 4.18 Å². The third-order valence-corrected chi connectivity index (χ3v) is 8.54. The number of methoxy groups -OCH3 is 2. The van der Waals surface area contributed by atoms with Gasteiger partial charge in [0.2, 0.25) is 0 Å². The smallest absolute Gasteiger partial charge is 0.410 e. The number of aryl methyl sites for hydroxylation is 1. The molecule has 1 atom stereocenters. The maximum Gasteiger partial charge on any atom is 0.410 e. The van der Waals surface area contributed by atoms with E-state index in [1.54, 1.807) is 27.7 Å². The van der Waals surface area contributed by atoms with Gasteiger partial charge in [0.05, 0.1) is 30.2 Å². The summed E-state index contributed by atoms with van der Waals surface area (Å²) in [7, 11) is -2.70. The van der Waals surface area contributed by atoms with Gasteiger partial charge < -0.3 is 23.8 Å². The number of rotatable bonds is 5. The van der Waals surface area contributed by atoms with E-state index in [4.69, 9.17) is 23.1 Å². The molecular weight excluding hydrogens is 592 g/mol. The van der Waals surface area contributed by atoms with Crippen molar-refractivity contribution in [2.75, 3.05) is 27.3 Å². The molecule has 2 aliphatic heterocycles. The van der Waals surface area contributed by atoms with Crippen LogP contribution in [0.4, 0.5) is 13.6 Å². The number of likely N-dealkylation sites (tertiary alicyclic amines) is 1. The van der Waals surface area contributed by atoms with Gasteiger partial charge in [0, 0.05) is 31.5 Å². The monoisotopic (exact) mass is 625 g/mol. The first kappa shape index (κ1) is 32.1. The zero-order chi connectivity index (χ0) is 32.0. The Balaban J connectivity index is 1.83. The Morgan fingerprint density at radius 3 is 2.00 bits per heavy atom. The first-order valence-corrected chi connectivity index (χ1v) is 14.7. The molecule has 2 aromatic carbocycles. The highest BCUT2D eigenvalue weighted by atomic mass is 32.2. The van der Waals surface area contributed by atoms with Crippen LogP contribution in [0, 0.1) is 6.92 Å². The first-order valence-electron chi connectivity index (χ1n) is 13.3. The Hall–Kier alpha value is -3.78. The summed E-state index contributed by atoms with van der Waals surface area (Å²) < 4.78 is 86.0. The number of fused-ring (bicyclic) bond motifs is 1. The van der Waals surface area contributed by atoms with Crippen LogP contribution in [-0.2, 0) is 28.5 Å². The Morgan fingerprint density at radius 1 is 0.953 bits per heavy atom. The number of hydrogen-bond acceptors (Lipinski definition) is 10. The van der Waals surface area contributed by atoms with Gasteiger partial charge in [0.25, 0.3) is 10.1 Å². The van der Waals surface area contributed by atoms with Crippen molar-refractivity contribution in [1.82, 2.24) is 4.90 Å². The zero-order valence-electron chi connectivity index (χ0n) is 24.6. The molecule has 1 unspecified atom stereocenters. The number of piperidine rings is 1. The van der Waals surface area contributed by atoms with Crippen molar-refractivity contribution >= 4 is 28.1 Å². The van der Waals surface area contributed by atoms with Crippen LogP contribution in [0.5, 0.6) is 5.75 Å². The van der Waals surface area contributed by atoms with Crippen LogP contribution in [0.1, 0.15) is 71.6 Å². The molecule has 2 aromatic rings. The standard InChI is InChI=1S/C29H33F2NO10S/c1-17-7-9-18(10-8-17)43(36,37)42-23-21-15-19(24(33)38-5)20(25(34)39-6)16-22(21)40-28(29(23,30)31)11-13-32(14-12-28)26(35)41-27(2,3)4/h7-10,15-16,23H,11-14H2,1-6H3. The topological polar surface area (TPSA) is 135 Å². The molecule has 234 valence electrons. The summed E-state index contributed by atoms with van der Waals surface area (Å²) in [6.07, 6.45) is -4.05. The summed E-state index contributed by atoms with van der Waals surface area (Å²) in [6, 6.07) is 7.33. The molecule has 0 aliphatic carbocycles. The largest absolute Gasteiger partial charge is 0.480 e. The molecular formula is C29H33F2NO10S. The van der Waals surface area contributed by atoms with Gasteiger partial charge in [-0.25, -0.2) is 14.4 Å². The lowest BCUT2D eigenvalue weighted by atomic mass is 9.77. The van der Waals surface area contributed by atoms with Gasteiger partial charge in [-0.1, -0.05) is 17.7 Å². The Morgan fingerprint density at radius 2 is 1.49 bits per heavy atom. The van der Waals surface area contributed by atoms with E-state index in [9.17, 15) is 22.8 Å². The van der Waals surface area contributed by atoms with Crippen LogP contribution in [-0.4, -0.2) is 75.8 Å².